The van der Waals surface area contributed by atoms with Gasteiger partial charge in [-0.15, -0.1) is 0 Å². The Morgan fingerprint density at radius 2 is 1.15 bits per heavy atom. The van der Waals surface area contributed by atoms with Gasteiger partial charge in [-0.05, 0) is 0 Å². The van der Waals surface area contributed by atoms with Gasteiger partial charge in [-0.25, -0.2) is 0 Å². The number of hydrogen-bond acceptors (Lipinski definition) is 1. The Morgan fingerprint density at radius 3 is 1.20 bits per heavy atom. The molecule has 121 valence electrons. The Labute approximate surface area is 141 Å². The third-order valence-electron chi connectivity index (χ3n) is 2.86. The molecular formula is C18H36NTa-3. The molecule has 0 aliphatic heterocycles. The first-order valence-electron chi connectivity index (χ1n) is 8.45. The second kappa shape index (κ2) is 21.8. The van der Waals surface area contributed by atoms with Crippen molar-refractivity contribution >= 4 is 0 Å². The van der Waals surface area contributed by atoms with Crippen molar-refractivity contribution in [2.45, 2.75) is 97.4 Å². The molecule has 0 unspecified atom stereocenters. The molecule has 2 aliphatic rings. The van der Waals surface area contributed by atoms with Crippen LogP contribution >= 0.6 is 0 Å². The molecule has 0 aromatic rings. The molecule has 0 heterocycles. The average molecular weight is 447 g/mol. The van der Waals surface area contributed by atoms with E-state index >= 15 is 0 Å². The third kappa shape index (κ3) is 27.0. The van der Waals surface area contributed by atoms with Crippen molar-refractivity contribution in [3.8, 4) is 0 Å². The van der Waals surface area contributed by atoms with Gasteiger partial charge < -0.3 is 19.8 Å². The van der Waals surface area contributed by atoms with Gasteiger partial charge in [-0.2, -0.15) is 32.1 Å². The van der Waals surface area contributed by atoms with Gasteiger partial charge in [0.05, 0.1) is 0 Å². The van der Waals surface area contributed by atoms with E-state index in [4.69, 9.17) is 0 Å². The first-order valence-corrected chi connectivity index (χ1v) is 9.89. The standard InChI is InChI=1S/2C6H11.C3H7N.C3H7.Ta/c2*1-2-4-6-5-3-1;1-3(2)4;1-3-2;/h2*1H,2-6H2;3H,1-2H3;1,3H2,2H3;/q2*-1;;-1;. The fourth-order valence-electron chi connectivity index (χ4n) is 1.80. The summed E-state index contributed by atoms with van der Waals surface area (Å²) in [5, 5.41) is 0. The van der Waals surface area contributed by atoms with Crippen molar-refractivity contribution in [3.63, 3.8) is 0 Å². The van der Waals surface area contributed by atoms with Crippen molar-refractivity contribution < 1.29 is 20.9 Å². The van der Waals surface area contributed by atoms with Gasteiger partial charge in [0, 0.05) is 0 Å². The first-order chi connectivity index (χ1) is 9.68. The van der Waals surface area contributed by atoms with Crippen LogP contribution in [0, 0.1) is 19.8 Å². The van der Waals surface area contributed by atoms with E-state index in [1.165, 1.54) is 64.2 Å². The van der Waals surface area contributed by atoms with Gasteiger partial charge in [0.15, 0.2) is 0 Å². The van der Waals surface area contributed by atoms with E-state index in [0.717, 1.165) is 27.3 Å². The van der Waals surface area contributed by atoms with E-state index in [1.807, 2.05) is 6.92 Å². The summed E-state index contributed by atoms with van der Waals surface area (Å²) in [6.45, 7) is 9.67. The molecule has 2 fully saturated rings. The predicted molar refractivity (Wildman–Crippen MR) is 88.0 cm³/mol. The van der Waals surface area contributed by atoms with Crippen LogP contribution in [0.4, 0.5) is 0 Å². The van der Waals surface area contributed by atoms with E-state index in [0.29, 0.717) is 6.04 Å². The van der Waals surface area contributed by atoms with Gasteiger partial charge >= 0.3 is 44.1 Å². The topological polar surface area (TPSA) is 12.4 Å². The minimum atomic E-state index is 0.559. The van der Waals surface area contributed by atoms with Crippen molar-refractivity contribution in [1.29, 1.82) is 0 Å². The van der Waals surface area contributed by atoms with Gasteiger partial charge in [-0.1, -0.05) is 45.4 Å². The van der Waals surface area contributed by atoms with Crippen LogP contribution in [0.2, 0.25) is 0 Å². The molecule has 0 N–H and O–H groups in total. The van der Waals surface area contributed by atoms with Crippen molar-refractivity contribution in [2.24, 2.45) is 3.34 Å². The Hall–Kier alpha value is 0.540. The summed E-state index contributed by atoms with van der Waals surface area (Å²) >= 11 is 1.16. The maximum absolute atomic E-state index is 4.00. The quantitative estimate of drug-likeness (QED) is 0.399. The Balaban J connectivity index is 0. The molecular weight excluding hydrogens is 411 g/mol. The van der Waals surface area contributed by atoms with Crippen LogP contribution in [-0.4, -0.2) is 6.04 Å². The van der Waals surface area contributed by atoms with E-state index in [9.17, 15) is 0 Å². The van der Waals surface area contributed by atoms with Crippen LogP contribution in [0.1, 0.15) is 91.4 Å². The fourth-order valence-corrected chi connectivity index (χ4v) is 1.80. The zero-order valence-electron chi connectivity index (χ0n) is 14.1. The largest absolute Gasteiger partial charge is 0.344 e. The molecule has 20 heavy (non-hydrogen) atoms. The van der Waals surface area contributed by atoms with Crippen LogP contribution in [0.3, 0.4) is 0 Å². The summed E-state index contributed by atoms with van der Waals surface area (Å²) < 4.78 is 4.00. The van der Waals surface area contributed by atoms with E-state index in [1.54, 1.807) is 0 Å². The molecule has 2 saturated carbocycles. The Morgan fingerprint density at radius 1 is 0.900 bits per heavy atom. The molecule has 2 heteroatoms. The van der Waals surface area contributed by atoms with Gasteiger partial charge in [0.1, 0.15) is 0 Å². The molecule has 0 atom stereocenters. The van der Waals surface area contributed by atoms with Gasteiger partial charge in [0.2, 0.25) is 0 Å². The minimum Gasteiger partial charge on any atom is -0.344 e. The smallest absolute Gasteiger partial charge is 0.0582 e. The number of nitrogens with zero attached hydrogens (tertiary/aromatic N) is 1. The SMILES string of the molecule is CC(C)[N]=[Ta].[CH-]1CCCCC1.[CH-]1CCCCC1.[CH2-]CC. The first kappa shape index (κ1) is 22.8. The van der Waals surface area contributed by atoms with Crippen molar-refractivity contribution in [3.05, 3.63) is 19.8 Å². The van der Waals surface area contributed by atoms with Gasteiger partial charge in [-0.3, -0.25) is 0 Å². The molecule has 0 spiro atoms. The molecule has 2 aliphatic carbocycles. The maximum atomic E-state index is 4.00. The molecule has 0 saturated heterocycles. The number of rotatable bonds is 1. The van der Waals surface area contributed by atoms with E-state index < -0.39 is 0 Å². The molecule has 0 aromatic carbocycles. The number of hydrogen-bond donors (Lipinski definition) is 0. The van der Waals surface area contributed by atoms with Crippen molar-refractivity contribution in [1.82, 2.24) is 0 Å². The van der Waals surface area contributed by atoms with Crippen molar-refractivity contribution in [2.75, 3.05) is 0 Å². The van der Waals surface area contributed by atoms with Crippen LogP contribution in [-0.2, 0) is 20.9 Å². The molecule has 0 aromatic heterocycles. The Kier molecular flexibility index (Phi) is 24.9. The third-order valence-corrected chi connectivity index (χ3v) is 4.52. The zero-order chi connectivity index (χ0) is 15.5. The predicted octanol–water partition coefficient (Wildman–Crippen LogP) is 6.67. The second-order valence-electron chi connectivity index (χ2n) is 5.56. The normalized spacial score (nSPS) is 17.4. The molecule has 2 rings (SSSR count). The molecule has 0 radical (unpaired) electrons. The molecule has 0 amide bonds. The monoisotopic (exact) mass is 447 g/mol. The fraction of sp³-hybridized carbons (Fsp3) is 0.833. The summed E-state index contributed by atoms with van der Waals surface area (Å²) in [7, 11) is 0. The maximum Gasteiger partial charge on any atom is -0.0582 e. The minimum absolute atomic E-state index is 0.559. The van der Waals surface area contributed by atoms with Crippen LogP contribution in [0.5, 0.6) is 0 Å². The van der Waals surface area contributed by atoms with E-state index in [-0.39, 0.29) is 0 Å². The second-order valence-corrected chi connectivity index (χ2v) is 6.39. The Bertz CT molecular complexity index is 126. The van der Waals surface area contributed by atoms with Crippen LogP contribution < -0.4 is 0 Å². The summed E-state index contributed by atoms with van der Waals surface area (Å²) in [5.74, 6) is 0. The van der Waals surface area contributed by atoms with Gasteiger partial charge in [0.25, 0.3) is 0 Å². The summed E-state index contributed by atoms with van der Waals surface area (Å²) in [4.78, 5) is 0. The average Bonchev–Trinajstić information content (AvgIpc) is 2.53. The van der Waals surface area contributed by atoms with Crippen LogP contribution in [0.15, 0.2) is 3.34 Å². The summed E-state index contributed by atoms with van der Waals surface area (Å²) in [6, 6.07) is 0.559. The molecule has 1 nitrogen and oxygen atoms in total. The summed E-state index contributed by atoms with van der Waals surface area (Å²) in [6.07, 6.45) is 20.0. The zero-order valence-corrected chi connectivity index (χ0v) is 17.3. The summed E-state index contributed by atoms with van der Waals surface area (Å²) in [5.41, 5.74) is 0. The van der Waals surface area contributed by atoms with E-state index in [2.05, 4.69) is 37.0 Å². The van der Waals surface area contributed by atoms with Crippen LogP contribution in [0.25, 0.3) is 0 Å². The molecule has 0 bridgehead atoms.